The summed E-state index contributed by atoms with van der Waals surface area (Å²) in [5.41, 5.74) is 3.72. The summed E-state index contributed by atoms with van der Waals surface area (Å²) >= 11 is 0. The molecule has 3 rings (SSSR count). The van der Waals surface area contributed by atoms with Gasteiger partial charge in [0.25, 0.3) is 0 Å². The van der Waals surface area contributed by atoms with E-state index in [1.54, 1.807) is 0 Å². The van der Waals surface area contributed by atoms with E-state index in [0.29, 0.717) is 0 Å². The number of aryl methyl sites for hydroxylation is 1. The van der Waals surface area contributed by atoms with Crippen molar-refractivity contribution in [3.8, 4) is 5.75 Å². The normalized spacial score (nSPS) is 17.7. The first-order valence-electron chi connectivity index (χ1n) is 6.01. The molecule has 1 aliphatic rings. The van der Waals surface area contributed by atoms with Gasteiger partial charge in [0.2, 0.25) is 0 Å². The Hall–Kier alpha value is -2.09. The molecular formula is C16H14NO. The van der Waals surface area contributed by atoms with Crippen molar-refractivity contribution in [3.05, 3.63) is 47.0 Å². The van der Waals surface area contributed by atoms with Crippen molar-refractivity contribution in [1.29, 1.82) is 0 Å². The second kappa shape index (κ2) is 3.70. The minimum atomic E-state index is -0.0386. The summed E-state index contributed by atoms with van der Waals surface area (Å²) in [6.45, 7) is 7.49. The van der Waals surface area contributed by atoms with Gasteiger partial charge in [-0.3, -0.25) is 10.1 Å². The van der Waals surface area contributed by atoms with E-state index in [9.17, 15) is 5.11 Å². The van der Waals surface area contributed by atoms with Crippen molar-refractivity contribution < 1.29 is 5.11 Å². The minimum absolute atomic E-state index is 0.0386. The smallest absolute Gasteiger partial charge is 0.189 e. The summed E-state index contributed by atoms with van der Waals surface area (Å²) in [6, 6.07) is 8.01. The van der Waals surface area contributed by atoms with Crippen LogP contribution in [0, 0.1) is 6.92 Å². The Kier molecular flexibility index (Phi) is 2.27. The molecule has 89 valence electrons. The lowest BCUT2D eigenvalue weighted by atomic mass is 9.84. The van der Waals surface area contributed by atoms with Crippen molar-refractivity contribution in [2.75, 3.05) is 0 Å². The van der Waals surface area contributed by atoms with Gasteiger partial charge in [-0.1, -0.05) is 24.3 Å². The fourth-order valence-corrected chi connectivity index (χ4v) is 2.79. The molecule has 0 spiro atoms. The van der Waals surface area contributed by atoms with E-state index in [1.807, 2.05) is 44.2 Å². The molecule has 1 radical (unpaired) electrons. The molecular weight excluding hydrogens is 222 g/mol. The lowest BCUT2D eigenvalue weighted by Crippen LogP contribution is -2.02. The third kappa shape index (κ3) is 1.32. The maximum Gasteiger partial charge on any atom is 0.189 e. The highest BCUT2D eigenvalue weighted by Gasteiger charge is 2.23. The van der Waals surface area contributed by atoms with E-state index < -0.39 is 0 Å². The van der Waals surface area contributed by atoms with E-state index in [2.05, 4.69) is 11.7 Å². The van der Waals surface area contributed by atoms with E-state index in [4.69, 9.17) is 0 Å². The van der Waals surface area contributed by atoms with Gasteiger partial charge >= 0.3 is 0 Å². The van der Waals surface area contributed by atoms with Crippen LogP contribution >= 0.6 is 0 Å². The summed E-state index contributed by atoms with van der Waals surface area (Å²) in [5, 5.41) is 14.5. The highest BCUT2D eigenvalue weighted by atomic mass is 16.3. The second-order valence-electron chi connectivity index (χ2n) is 4.82. The third-order valence-corrected chi connectivity index (χ3v) is 3.65. The molecule has 0 saturated heterocycles. The lowest BCUT2D eigenvalue weighted by Gasteiger charge is -2.22. The number of hydrogen-bond acceptors (Lipinski definition) is 1. The minimum Gasteiger partial charge on any atom is -0.289 e. The van der Waals surface area contributed by atoms with Crippen molar-refractivity contribution >= 4 is 23.1 Å². The molecule has 0 N–H and O–H groups in total. The predicted octanol–water partition coefficient (Wildman–Crippen LogP) is 4.45. The standard InChI is InChI=1S/C16H14NO/c1-9-8-13(17-3)12-6-4-5-11-7-10(2)16(18)14(9)15(11)12/h4-8,13H,3H2,1-2H3. The van der Waals surface area contributed by atoms with Crippen LogP contribution in [0.25, 0.3) is 16.3 Å². The predicted molar refractivity (Wildman–Crippen MR) is 74.8 cm³/mol. The summed E-state index contributed by atoms with van der Waals surface area (Å²) in [6.07, 6.45) is 2.02. The third-order valence-electron chi connectivity index (χ3n) is 3.65. The molecule has 1 atom stereocenters. The molecule has 2 heteroatoms. The topological polar surface area (TPSA) is 32.3 Å². The highest BCUT2D eigenvalue weighted by molar-refractivity contribution is 6.01. The Morgan fingerprint density at radius 1 is 1.28 bits per heavy atom. The Morgan fingerprint density at radius 2 is 2.06 bits per heavy atom. The first-order chi connectivity index (χ1) is 8.63. The highest BCUT2D eigenvalue weighted by Crippen LogP contribution is 2.44. The van der Waals surface area contributed by atoms with Crippen LogP contribution in [-0.4, -0.2) is 6.72 Å². The first kappa shape index (κ1) is 11.0. The number of aliphatic imine (C=N–C) groups is 1. The van der Waals surface area contributed by atoms with E-state index in [0.717, 1.165) is 33.0 Å². The Bertz CT molecular complexity index is 698. The van der Waals surface area contributed by atoms with E-state index in [-0.39, 0.29) is 11.8 Å². The van der Waals surface area contributed by atoms with Gasteiger partial charge in [-0.15, -0.1) is 0 Å². The lowest BCUT2D eigenvalue weighted by molar-refractivity contribution is 0.351. The van der Waals surface area contributed by atoms with Crippen LogP contribution in [0.15, 0.2) is 35.3 Å². The molecule has 2 nitrogen and oxygen atoms in total. The molecule has 0 aliphatic heterocycles. The summed E-state index contributed by atoms with van der Waals surface area (Å²) < 4.78 is 0. The summed E-state index contributed by atoms with van der Waals surface area (Å²) in [5.74, 6) is 0.131. The molecule has 0 aromatic heterocycles. The quantitative estimate of drug-likeness (QED) is 0.655. The maximum absolute atomic E-state index is 12.3. The zero-order chi connectivity index (χ0) is 12.9. The average molecular weight is 236 g/mol. The van der Waals surface area contributed by atoms with Crippen molar-refractivity contribution in [3.63, 3.8) is 0 Å². The van der Waals surface area contributed by atoms with Crippen LogP contribution in [0.5, 0.6) is 5.75 Å². The average Bonchev–Trinajstić information content (AvgIpc) is 2.36. The van der Waals surface area contributed by atoms with Gasteiger partial charge in [0.05, 0.1) is 6.04 Å². The van der Waals surface area contributed by atoms with Gasteiger partial charge in [-0.2, -0.15) is 0 Å². The summed E-state index contributed by atoms with van der Waals surface area (Å²) in [7, 11) is 0. The molecule has 1 aliphatic carbocycles. The zero-order valence-corrected chi connectivity index (χ0v) is 10.5. The van der Waals surface area contributed by atoms with Gasteiger partial charge in [-0.05, 0) is 54.1 Å². The molecule has 0 bridgehead atoms. The van der Waals surface area contributed by atoms with Gasteiger partial charge in [-0.25, -0.2) is 0 Å². The molecule has 2 aromatic rings. The van der Waals surface area contributed by atoms with Crippen LogP contribution < -0.4 is 0 Å². The van der Waals surface area contributed by atoms with E-state index in [1.165, 1.54) is 0 Å². The van der Waals surface area contributed by atoms with E-state index >= 15 is 0 Å². The molecule has 1 unspecified atom stereocenters. The van der Waals surface area contributed by atoms with Crippen molar-refractivity contribution in [2.24, 2.45) is 4.99 Å². The second-order valence-corrected chi connectivity index (χ2v) is 4.82. The van der Waals surface area contributed by atoms with Gasteiger partial charge in [0.1, 0.15) is 0 Å². The fraction of sp³-hybridized carbons (Fsp3) is 0.188. The molecule has 18 heavy (non-hydrogen) atoms. The Labute approximate surface area is 106 Å². The number of hydrogen-bond donors (Lipinski definition) is 0. The SMILES string of the molecule is C=NC1C=C(C)c2c([O])c(C)cc3cccc1c23. The van der Waals surface area contributed by atoms with Crippen molar-refractivity contribution in [1.82, 2.24) is 0 Å². The van der Waals surface area contributed by atoms with Gasteiger partial charge in [0.15, 0.2) is 5.75 Å². The van der Waals surface area contributed by atoms with Crippen molar-refractivity contribution in [2.45, 2.75) is 19.9 Å². The Balaban J connectivity index is 2.53. The number of nitrogens with zero attached hydrogens (tertiary/aromatic N) is 1. The number of rotatable bonds is 1. The number of allylic oxidation sites excluding steroid dienone is 1. The molecule has 2 aromatic carbocycles. The first-order valence-corrected chi connectivity index (χ1v) is 6.01. The monoisotopic (exact) mass is 236 g/mol. The van der Waals surface area contributed by atoms with Crippen LogP contribution in [0.2, 0.25) is 0 Å². The van der Waals surface area contributed by atoms with Gasteiger partial charge < -0.3 is 0 Å². The fourth-order valence-electron chi connectivity index (χ4n) is 2.79. The van der Waals surface area contributed by atoms with Crippen LogP contribution in [-0.2, 0) is 5.11 Å². The zero-order valence-electron chi connectivity index (χ0n) is 10.5. The maximum atomic E-state index is 12.3. The molecule has 0 fully saturated rings. The molecule has 0 amide bonds. The summed E-state index contributed by atoms with van der Waals surface area (Å²) in [4.78, 5) is 4.15. The van der Waals surface area contributed by atoms with Crippen LogP contribution in [0.1, 0.15) is 29.7 Å². The molecule has 0 heterocycles. The largest absolute Gasteiger partial charge is 0.289 e. The molecule has 0 saturated carbocycles. The van der Waals surface area contributed by atoms with Crippen LogP contribution in [0.4, 0.5) is 0 Å². The number of benzene rings is 2. The van der Waals surface area contributed by atoms with Crippen LogP contribution in [0.3, 0.4) is 0 Å². The Morgan fingerprint density at radius 3 is 2.78 bits per heavy atom. The van der Waals surface area contributed by atoms with Gasteiger partial charge in [0, 0.05) is 5.56 Å².